The maximum atomic E-state index is 7.47. The van der Waals surface area contributed by atoms with Crippen LogP contribution in [0.5, 0.6) is 0 Å². The number of halogens is 2. The largest absolute Gasteiger partial charge is 0.147 e. The zero-order valence-electron chi connectivity index (χ0n) is 15.1. The molecular formula is C20H27Cl2N2SiZr. The van der Waals surface area contributed by atoms with Crippen LogP contribution in [0.25, 0.3) is 12.2 Å². The molecule has 0 aromatic heterocycles. The molecule has 26 heavy (non-hydrogen) atoms. The number of nitrogens with two attached hydrogens (primary N) is 2. The van der Waals surface area contributed by atoms with Crippen LogP contribution in [0, 0.1) is 0 Å². The van der Waals surface area contributed by atoms with E-state index in [1.54, 1.807) is 0 Å². The average molecular weight is 486 g/mol. The van der Waals surface area contributed by atoms with E-state index >= 15 is 0 Å². The van der Waals surface area contributed by atoms with Gasteiger partial charge < -0.3 is 0 Å². The van der Waals surface area contributed by atoms with Crippen LogP contribution in [0.1, 0.15) is 29.5 Å². The fraction of sp³-hybridized carbons (Fsp3) is 0.200. The molecule has 4 rings (SSSR count). The molecule has 2 aromatic carbocycles. The summed E-state index contributed by atoms with van der Waals surface area (Å²) < 4.78 is 15.4. The Morgan fingerprint density at radius 1 is 0.731 bits per heavy atom. The number of hydrogen-bond donors (Lipinski definition) is 2. The zero-order chi connectivity index (χ0) is 17.0. The predicted molar refractivity (Wildman–Crippen MR) is 118 cm³/mol. The van der Waals surface area contributed by atoms with Crippen LogP contribution in [-0.4, -0.2) is 5.92 Å². The Morgan fingerprint density at radius 3 is 1.50 bits per heavy atom. The molecule has 6 heteroatoms. The molecule has 2 atom stereocenters. The van der Waals surface area contributed by atoms with Crippen LogP contribution in [-0.2, 0) is 18.5 Å². The Morgan fingerprint density at radius 2 is 1.12 bits per heavy atom. The van der Waals surface area contributed by atoms with E-state index in [1.807, 2.05) is 0 Å². The fourth-order valence-corrected chi connectivity index (χ4v) is 28.5. The number of allylic oxidation sites excluding steroid dienone is 2. The second-order valence-corrected chi connectivity index (χ2v) is 37.7. The smallest absolute Gasteiger partial charge is 0.147 e. The van der Waals surface area contributed by atoms with Gasteiger partial charge in [0, 0.05) is 0 Å². The van der Waals surface area contributed by atoms with E-state index in [9.17, 15) is 0 Å². The standard InChI is InChI=1S/2C9H7.C2H7Si.2ClH.2H2N.Zr/c2*1-2-5-9-7-3-6-8(9)4-1;1-3-2;;;;;/h2*1-7H;3H,1-2H3;2*1H;2*1H2;/q;;;;;2*-1;+2. The van der Waals surface area contributed by atoms with Gasteiger partial charge in [-0.05, 0) is 0 Å². The van der Waals surface area contributed by atoms with Crippen molar-refractivity contribution in [2.24, 2.45) is 7.35 Å². The molecule has 139 valence electrons. The Bertz CT molecular complexity index is 814. The minimum atomic E-state index is -4.11. The fourth-order valence-electron chi connectivity index (χ4n) is 4.57. The van der Waals surface area contributed by atoms with Crippen molar-refractivity contribution in [2.75, 3.05) is 0 Å². The summed E-state index contributed by atoms with van der Waals surface area (Å²) in [5.41, 5.74) is 5.30. The van der Waals surface area contributed by atoms with Gasteiger partial charge in [-0.2, -0.15) is 0 Å². The summed E-state index contributed by atoms with van der Waals surface area (Å²) in [5, 5.41) is 0. The van der Waals surface area contributed by atoms with Crippen LogP contribution >= 0.6 is 24.8 Å². The summed E-state index contributed by atoms with van der Waals surface area (Å²) in [4.78, 5) is 0. The number of fused-ring (bicyclic) bond motifs is 2. The second kappa shape index (κ2) is 7.50. The summed E-state index contributed by atoms with van der Waals surface area (Å²) in [6.45, 7) is 4.74. The normalized spacial score (nSPS) is 21.3. The first kappa shape index (κ1) is 21.8. The van der Waals surface area contributed by atoms with Gasteiger partial charge in [0.15, 0.2) is 0 Å². The van der Waals surface area contributed by atoms with Crippen molar-refractivity contribution in [1.29, 1.82) is 0 Å². The molecule has 2 unspecified atom stereocenters. The van der Waals surface area contributed by atoms with Gasteiger partial charge in [0.2, 0.25) is 0 Å². The quantitative estimate of drug-likeness (QED) is 0.615. The van der Waals surface area contributed by atoms with Crippen molar-refractivity contribution >= 4 is 42.9 Å². The van der Waals surface area contributed by atoms with Crippen molar-refractivity contribution in [3.05, 3.63) is 82.9 Å². The van der Waals surface area contributed by atoms with E-state index in [2.05, 4.69) is 85.9 Å². The van der Waals surface area contributed by atoms with Gasteiger partial charge in [0.1, 0.15) is 0 Å². The molecule has 2 aliphatic rings. The Labute approximate surface area is 171 Å². The van der Waals surface area contributed by atoms with Gasteiger partial charge in [-0.3, -0.25) is 0 Å². The molecule has 2 aliphatic carbocycles. The summed E-state index contributed by atoms with van der Waals surface area (Å²) in [6.07, 6.45) is 9.10. The molecule has 4 N–H and O–H groups in total. The SMILES string of the molecule is C[SiH](C)[Zr]([NH2])([NH2])([CH]1C=Cc2ccccc21)[CH]1C=Cc2ccccc21.Cl.Cl. The van der Waals surface area contributed by atoms with Gasteiger partial charge in [-0.15, -0.1) is 24.8 Å². The number of rotatable bonds is 3. The second-order valence-electron chi connectivity index (χ2n) is 7.75. The van der Waals surface area contributed by atoms with Crippen LogP contribution < -0.4 is 7.35 Å². The summed E-state index contributed by atoms with van der Waals surface area (Å²) in [6, 6.07) is 17.3. The molecule has 0 aliphatic heterocycles. The van der Waals surface area contributed by atoms with E-state index in [1.165, 1.54) is 22.3 Å². The maximum absolute atomic E-state index is 7.47. The third-order valence-electron chi connectivity index (χ3n) is 6.37. The van der Waals surface area contributed by atoms with E-state index in [0.29, 0.717) is 0 Å². The summed E-state index contributed by atoms with van der Waals surface area (Å²) in [7, 11) is 0. The third kappa shape index (κ3) is 2.96. The monoisotopic (exact) mass is 483 g/mol. The van der Waals surface area contributed by atoms with Crippen molar-refractivity contribution in [3.63, 3.8) is 0 Å². The molecule has 0 bridgehead atoms. The Kier molecular flexibility index (Phi) is 6.30. The molecule has 0 radical (unpaired) electrons. The first-order chi connectivity index (χ1) is 11.4. The van der Waals surface area contributed by atoms with Gasteiger partial charge in [-0.25, -0.2) is 0 Å². The molecule has 0 amide bonds. The van der Waals surface area contributed by atoms with Crippen molar-refractivity contribution in [1.82, 2.24) is 0 Å². The van der Waals surface area contributed by atoms with Crippen molar-refractivity contribution in [3.8, 4) is 0 Å². The molecule has 0 saturated carbocycles. The summed E-state index contributed by atoms with van der Waals surface area (Å²) >= 11 is -4.11. The molecule has 0 fully saturated rings. The minimum Gasteiger partial charge on any atom is -0.147 e. The maximum Gasteiger partial charge on any atom is -0.147 e. The van der Waals surface area contributed by atoms with Gasteiger partial charge in [-0.1, -0.05) is 0 Å². The number of hydrogen-bond acceptors (Lipinski definition) is 2. The average Bonchev–Trinajstić information content (AvgIpc) is 3.20. The number of benzene rings is 2. The van der Waals surface area contributed by atoms with Gasteiger partial charge >= 0.3 is 147 Å². The van der Waals surface area contributed by atoms with E-state index in [4.69, 9.17) is 7.35 Å². The van der Waals surface area contributed by atoms with Crippen LogP contribution in [0.3, 0.4) is 0 Å². The van der Waals surface area contributed by atoms with E-state index in [0.717, 1.165) is 0 Å². The molecular weight excluding hydrogens is 458 g/mol. The zero-order valence-corrected chi connectivity index (χ0v) is 20.4. The van der Waals surface area contributed by atoms with Gasteiger partial charge in [0.05, 0.1) is 0 Å². The van der Waals surface area contributed by atoms with Crippen LogP contribution in [0.2, 0.25) is 13.1 Å². The van der Waals surface area contributed by atoms with Crippen molar-refractivity contribution < 1.29 is 18.5 Å². The molecule has 0 saturated heterocycles. The molecule has 0 spiro atoms. The summed E-state index contributed by atoms with van der Waals surface area (Å²) in [5.74, 6) is -1.28. The minimum absolute atomic E-state index is 0. The molecule has 2 aromatic rings. The Hall–Kier alpha value is -0.480. The van der Waals surface area contributed by atoms with Crippen molar-refractivity contribution in [2.45, 2.75) is 20.3 Å². The molecule has 0 heterocycles. The predicted octanol–water partition coefficient (Wildman–Crippen LogP) is 4.79. The van der Waals surface area contributed by atoms with E-state index in [-0.39, 0.29) is 32.1 Å². The van der Waals surface area contributed by atoms with Crippen LogP contribution in [0.15, 0.2) is 60.7 Å². The first-order valence-electron chi connectivity index (χ1n) is 8.74. The Balaban J connectivity index is 0.00000121. The third-order valence-corrected chi connectivity index (χ3v) is 42.5. The first-order valence-corrected chi connectivity index (χ1v) is 21.6. The van der Waals surface area contributed by atoms with E-state index < -0.39 is 24.4 Å². The molecule has 2 nitrogen and oxygen atoms in total. The van der Waals surface area contributed by atoms with Gasteiger partial charge in [0.25, 0.3) is 0 Å². The topological polar surface area (TPSA) is 52.0 Å². The van der Waals surface area contributed by atoms with Crippen LogP contribution in [0.4, 0.5) is 0 Å².